The van der Waals surface area contributed by atoms with Crippen LogP contribution in [0, 0.1) is 6.92 Å². The second-order valence-electron chi connectivity index (χ2n) is 8.02. The minimum Gasteiger partial charge on any atom is -0.491 e. The van der Waals surface area contributed by atoms with Gasteiger partial charge in [-0.2, -0.15) is 5.10 Å². The first-order chi connectivity index (χ1) is 13.6. The quantitative estimate of drug-likeness (QED) is 0.694. The highest BCUT2D eigenvalue weighted by atomic mass is 16.5. The maximum atomic E-state index is 10.4. The normalized spacial score (nSPS) is 16.9. The molecule has 1 atom stereocenters. The molecule has 154 valence electrons. The van der Waals surface area contributed by atoms with Crippen molar-refractivity contribution in [2.24, 2.45) is 0 Å². The van der Waals surface area contributed by atoms with Gasteiger partial charge < -0.3 is 14.7 Å². The zero-order chi connectivity index (χ0) is 19.8. The molecule has 3 rings (SSSR count). The molecule has 1 aromatic carbocycles. The van der Waals surface area contributed by atoms with Gasteiger partial charge in [-0.15, -0.1) is 0 Å². The number of ether oxygens (including phenoxy) is 1. The number of β-amino-alcohol motifs (C(OH)–C–C–N with tert-alkyl or cyclic N) is 1. The van der Waals surface area contributed by atoms with Gasteiger partial charge in [0.25, 0.3) is 0 Å². The third kappa shape index (κ3) is 6.62. The molecule has 1 aliphatic heterocycles. The Kier molecular flexibility index (Phi) is 7.89. The second kappa shape index (κ2) is 10.6. The van der Waals surface area contributed by atoms with Gasteiger partial charge in [-0.05, 0) is 57.6 Å². The smallest absolute Gasteiger partial charge is 0.119 e. The van der Waals surface area contributed by atoms with Crippen molar-refractivity contribution in [3.05, 3.63) is 47.3 Å². The summed E-state index contributed by atoms with van der Waals surface area (Å²) in [6.07, 6.45) is 6.53. The van der Waals surface area contributed by atoms with Crippen molar-refractivity contribution in [1.29, 1.82) is 0 Å². The molecule has 28 heavy (non-hydrogen) atoms. The number of H-pyrrole nitrogens is 1. The molecule has 0 saturated carbocycles. The van der Waals surface area contributed by atoms with Gasteiger partial charge in [0, 0.05) is 30.9 Å². The number of rotatable bonds is 9. The number of hydrogen-bond donors (Lipinski definition) is 2. The van der Waals surface area contributed by atoms with E-state index in [9.17, 15) is 5.11 Å². The minimum atomic E-state index is -0.450. The highest BCUT2D eigenvalue weighted by Gasteiger charge is 2.14. The fourth-order valence-electron chi connectivity index (χ4n) is 3.79. The summed E-state index contributed by atoms with van der Waals surface area (Å²) in [5, 5.41) is 17.4. The highest BCUT2D eigenvalue weighted by molar-refractivity contribution is 5.28. The van der Waals surface area contributed by atoms with Crippen molar-refractivity contribution in [2.75, 3.05) is 33.3 Å². The third-order valence-corrected chi connectivity index (χ3v) is 5.34. The Morgan fingerprint density at radius 2 is 2.00 bits per heavy atom. The van der Waals surface area contributed by atoms with Crippen molar-refractivity contribution >= 4 is 0 Å². The predicted molar refractivity (Wildman–Crippen MR) is 111 cm³/mol. The van der Waals surface area contributed by atoms with Gasteiger partial charge in [0.15, 0.2) is 0 Å². The van der Waals surface area contributed by atoms with Crippen LogP contribution in [-0.2, 0) is 13.1 Å². The third-order valence-electron chi connectivity index (χ3n) is 5.34. The van der Waals surface area contributed by atoms with E-state index in [1.54, 1.807) is 0 Å². The molecule has 0 spiro atoms. The van der Waals surface area contributed by atoms with Crippen LogP contribution in [-0.4, -0.2) is 64.5 Å². The number of likely N-dealkylation sites (tertiary alicyclic amines) is 1. The van der Waals surface area contributed by atoms with Crippen LogP contribution in [0.4, 0.5) is 0 Å². The molecule has 6 heteroatoms. The molecule has 2 heterocycles. The fraction of sp³-hybridized carbons (Fsp3) is 0.591. The van der Waals surface area contributed by atoms with Gasteiger partial charge in [-0.1, -0.05) is 25.0 Å². The molecule has 1 aromatic heterocycles. The van der Waals surface area contributed by atoms with Gasteiger partial charge in [0.2, 0.25) is 0 Å². The molecule has 0 aliphatic carbocycles. The summed E-state index contributed by atoms with van der Waals surface area (Å²) in [4.78, 5) is 4.62. The van der Waals surface area contributed by atoms with Crippen molar-refractivity contribution in [3.63, 3.8) is 0 Å². The van der Waals surface area contributed by atoms with Gasteiger partial charge in [0.05, 0.1) is 6.20 Å². The summed E-state index contributed by atoms with van der Waals surface area (Å²) >= 11 is 0. The lowest BCUT2D eigenvalue weighted by Crippen LogP contribution is -2.36. The van der Waals surface area contributed by atoms with E-state index >= 15 is 0 Å². The molecule has 1 fully saturated rings. The highest BCUT2D eigenvalue weighted by Crippen LogP contribution is 2.17. The first kappa shape index (κ1) is 20.8. The summed E-state index contributed by atoms with van der Waals surface area (Å²) in [7, 11) is 2.10. The number of aliphatic hydroxyl groups is 1. The van der Waals surface area contributed by atoms with E-state index < -0.39 is 6.10 Å². The zero-order valence-corrected chi connectivity index (χ0v) is 17.2. The Labute approximate surface area is 168 Å². The van der Waals surface area contributed by atoms with E-state index in [2.05, 4.69) is 39.2 Å². The van der Waals surface area contributed by atoms with Crippen molar-refractivity contribution < 1.29 is 9.84 Å². The number of benzene rings is 1. The summed E-state index contributed by atoms with van der Waals surface area (Å²) in [5.41, 5.74) is 3.53. The molecular formula is C22H34N4O2. The molecule has 0 bridgehead atoms. The maximum absolute atomic E-state index is 10.4. The Morgan fingerprint density at radius 1 is 1.21 bits per heavy atom. The van der Waals surface area contributed by atoms with Gasteiger partial charge in [-0.3, -0.25) is 10.00 Å². The monoisotopic (exact) mass is 386 g/mol. The van der Waals surface area contributed by atoms with Crippen LogP contribution in [0.5, 0.6) is 5.75 Å². The average molecular weight is 387 g/mol. The number of aryl methyl sites for hydroxylation is 1. The predicted octanol–water partition coefficient (Wildman–Crippen LogP) is 2.97. The minimum absolute atomic E-state index is 0.337. The summed E-state index contributed by atoms with van der Waals surface area (Å²) in [6, 6.07) is 8.15. The molecule has 2 aromatic rings. The Hall–Kier alpha value is -1.89. The molecular weight excluding hydrogens is 352 g/mol. The molecule has 2 N–H and O–H groups in total. The summed E-state index contributed by atoms with van der Waals surface area (Å²) in [5.74, 6) is 0.820. The van der Waals surface area contributed by atoms with E-state index in [4.69, 9.17) is 4.74 Å². The number of aromatic nitrogens is 2. The maximum Gasteiger partial charge on any atom is 0.119 e. The lowest BCUT2D eigenvalue weighted by molar-refractivity contribution is 0.0693. The molecule has 6 nitrogen and oxygen atoms in total. The van der Waals surface area contributed by atoms with Crippen LogP contribution < -0.4 is 4.74 Å². The summed E-state index contributed by atoms with van der Waals surface area (Å²) < 4.78 is 5.88. The average Bonchev–Trinajstić information content (AvgIpc) is 2.91. The van der Waals surface area contributed by atoms with E-state index in [1.165, 1.54) is 36.8 Å². The largest absolute Gasteiger partial charge is 0.491 e. The Bertz CT molecular complexity index is 710. The number of aromatic amines is 1. The van der Waals surface area contributed by atoms with Crippen molar-refractivity contribution in [2.45, 2.75) is 51.8 Å². The van der Waals surface area contributed by atoms with Crippen LogP contribution in [0.3, 0.4) is 0 Å². The first-order valence-corrected chi connectivity index (χ1v) is 10.4. The number of nitrogens with one attached hydrogen (secondary N) is 1. The van der Waals surface area contributed by atoms with Crippen LogP contribution in [0.1, 0.15) is 42.5 Å². The van der Waals surface area contributed by atoms with E-state index in [-0.39, 0.29) is 0 Å². The van der Waals surface area contributed by atoms with Crippen molar-refractivity contribution in [1.82, 2.24) is 20.0 Å². The van der Waals surface area contributed by atoms with E-state index in [1.807, 2.05) is 25.3 Å². The Balaban J connectivity index is 1.45. The number of aliphatic hydroxyl groups excluding tert-OH is 1. The van der Waals surface area contributed by atoms with Crippen LogP contribution in [0.2, 0.25) is 0 Å². The molecule has 0 amide bonds. The number of nitrogens with zero attached hydrogens (tertiary/aromatic N) is 3. The Morgan fingerprint density at radius 3 is 2.71 bits per heavy atom. The van der Waals surface area contributed by atoms with E-state index in [0.29, 0.717) is 13.2 Å². The SMILES string of the molecule is Cc1[nH]ncc1CN(C)Cc1cccc(OCC(O)CN2CCCCCC2)c1. The molecule has 1 aliphatic rings. The van der Waals surface area contributed by atoms with E-state index in [0.717, 1.165) is 37.6 Å². The first-order valence-electron chi connectivity index (χ1n) is 10.4. The molecule has 1 unspecified atom stereocenters. The fourth-order valence-corrected chi connectivity index (χ4v) is 3.79. The van der Waals surface area contributed by atoms with Gasteiger partial charge >= 0.3 is 0 Å². The topological polar surface area (TPSA) is 64.6 Å². The molecule has 1 saturated heterocycles. The standard InChI is InChI=1S/C22H34N4O2/c1-18-20(13-23-24-18)15-25(2)14-19-8-7-9-22(12-19)28-17-21(27)16-26-10-5-3-4-6-11-26/h7-9,12-13,21,27H,3-6,10-11,14-17H2,1-2H3,(H,23,24). The van der Waals surface area contributed by atoms with Crippen LogP contribution in [0.25, 0.3) is 0 Å². The van der Waals surface area contributed by atoms with Crippen LogP contribution in [0.15, 0.2) is 30.5 Å². The van der Waals surface area contributed by atoms with Crippen molar-refractivity contribution in [3.8, 4) is 5.75 Å². The number of hydrogen-bond acceptors (Lipinski definition) is 5. The molecule has 0 radical (unpaired) electrons. The van der Waals surface area contributed by atoms with Gasteiger partial charge in [0.1, 0.15) is 18.5 Å². The lowest BCUT2D eigenvalue weighted by atomic mass is 10.2. The summed E-state index contributed by atoms with van der Waals surface area (Å²) in [6.45, 7) is 6.95. The zero-order valence-electron chi connectivity index (χ0n) is 17.2. The lowest BCUT2D eigenvalue weighted by Gasteiger charge is -2.23. The van der Waals surface area contributed by atoms with Crippen LogP contribution >= 0.6 is 0 Å². The second-order valence-corrected chi connectivity index (χ2v) is 8.02. The van der Waals surface area contributed by atoms with Gasteiger partial charge in [-0.25, -0.2) is 0 Å².